The van der Waals surface area contributed by atoms with Gasteiger partial charge in [-0.25, -0.2) is 13.9 Å². The summed E-state index contributed by atoms with van der Waals surface area (Å²) in [5.41, 5.74) is 2.12. The number of halogens is 2. The van der Waals surface area contributed by atoms with Crippen molar-refractivity contribution >= 4 is 30.0 Å². The number of carbonyl (C=O) groups excluding carboxylic acids is 2. The summed E-state index contributed by atoms with van der Waals surface area (Å²) in [6.07, 6.45) is 4.19. The highest BCUT2D eigenvalue weighted by molar-refractivity contribution is 5.85. The summed E-state index contributed by atoms with van der Waals surface area (Å²) in [7, 11) is 1.62. The Morgan fingerprint density at radius 3 is 2.64 bits per heavy atom. The maximum atomic E-state index is 15.8. The average molecular weight is 597 g/mol. The third-order valence-electron chi connectivity index (χ3n) is 7.32. The quantitative estimate of drug-likeness (QED) is 0.346. The fraction of sp³-hybridized carbons (Fsp3) is 0.333. The summed E-state index contributed by atoms with van der Waals surface area (Å²) in [5.74, 6) is 0.246. The van der Waals surface area contributed by atoms with E-state index in [9.17, 15) is 9.59 Å². The average Bonchev–Trinajstić information content (AvgIpc) is 3.58. The number of rotatable bonds is 11. The molecule has 222 valence electrons. The molecule has 1 saturated heterocycles. The van der Waals surface area contributed by atoms with Crippen LogP contribution in [-0.4, -0.2) is 70.3 Å². The van der Waals surface area contributed by atoms with Gasteiger partial charge in [0.05, 0.1) is 44.2 Å². The molecule has 2 heterocycles. The van der Waals surface area contributed by atoms with E-state index < -0.39 is 17.7 Å². The molecule has 42 heavy (non-hydrogen) atoms. The normalized spacial score (nSPS) is 19.8. The van der Waals surface area contributed by atoms with E-state index in [1.54, 1.807) is 29.0 Å². The number of allylic oxidation sites excluding steroid dienone is 2. The van der Waals surface area contributed by atoms with Crippen LogP contribution < -0.4 is 15.4 Å². The molecular formula is C30H34ClFN6O4. The lowest BCUT2D eigenvalue weighted by Gasteiger charge is -2.40. The van der Waals surface area contributed by atoms with Gasteiger partial charge in [0, 0.05) is 32.0 Å². The molecule has 3 aromatic rings. The molecule has 1 fully saturated rings. The van der Waals surface area contributed by atoms with Gasteiger partial charge < -0.3 is 20.1 Å². The monoisotopic (exact) mass is 596 g/mol. The van der Waals surface area contributed by atoms with Crippen molar-refractivity contribution in [3.63, 3.8) is 0 Å². The van der Waals surface area contributed by atoms with Gasteiger partial charge in [-0.3, -0.25) is 9.69 Å². The van der Waals surface area contributed by atoms with Crippen LogP contribution >= 0.6 is 12.4 Å². The lowest BCUT2D eigenvalue weighted by Crippen LogP contribution is -2.55. The molecule has 1 aliphatic heterocycles. The molecule has 0 saturated carbocycles. The first-order valence-electron chi connectivity index (χ1n) is 13.4. The van der Waals surface area contributed by atoms with Gasteiger partial charge >= 0.3 is 6.09 Å². The van der Waals surface area contributed by atoms with E-state index in [2.05, 4.69) is 20.9 Å². The topological polar surface area (TPSA) is 111 Å². The highest BCUT2D eigenvalue weighted by atomic mass is 35.5. The van der Waals surface area contributed by atoms with Crippen molar-refractivity contribution in [1.29, 1.82) is 0 Å². The van der Waals surface area contributed by atoms with Crippen LogP contribution in [0.2, 0.25) is 0 Å². The SMILES string of the molecule is COc1ccc(Cn2nncc2CNCC2(N3CC(CNC(C)=O)OC3=O)C=CC(c3ccccc3)=C(F)C2)cc1.Cl. The minimum atomic E-state index is -1.02. The van der Waals surface area contributed by atoms with Gasteiger partial charge in [0.1, 0.15) is 17.7 Å². The van der Waals surface area contributed by atoms with Gasteiger partial charge in [0.15, 0.2) is 0 Å². The Hall–Kier alpha value is -4.22. The van der Waals surface area contributed by atoms with Gasteiger partial charge in [0.25, 0.3) is 0 Å². The number of cyclic esters (lactones) is 1. The smallest absolute Gasteiger partial charge is 0.411 e. The summed E-state index contributed by atoms with van der Waals surface area (Å²) in [6.45, 7) is 2.99. The van der Waals surface area contributed by atoms with Crippen molar-refractivity contribution in [2.75, 3.05) is 26.7 Å². The fourth-order valence-corrected chi connectivity index (χ4v) is 5.13. The molecule has 10 nitrogen and oxygen atoms in total. The second-order valence-corrected chi connectivity index (χ2v) is 10.2. The third kappa shape index (κ3) is 6.97. The number of carbonyl (C=O) groups is 2. The molecule has 2 aromatic carbocycles. The number of nitrogens with one attached hydrogen (secondary N) is 2. The molecule has 0 bridgehead atoms. The minimum absolute atomic E-state index is 0. The number of amides is 2. The molecule has 2 aliphatic rings. The Morgan fingerprint density at radius 1 is 1.19 bits per heavy atom. The van der Waals surface area contributed by atoms with E-state index in [1.807, 2.05) is 60.7 Å². The fourth-order valence-electron chi connectivity index (χ4n) is 5.13. The Bertz CT molecular complexity index is 1450. The summed E-state index contributed by atoms with van der Waals surface area (Å²) in [6, 6.07) is 17.0. The van der Waals surface area contributed by atoms with Crippen molar-refractivity contribution < 1.29 is 23.5 Å². The van der Waals surface area contributed by atoms with E-state index in [0.29, 0.717) is 18.7 Å². The molecule has 0 radical (unpaired) electrons. The largest absolute Gasteiger partial charge is 0.497 e. The maximum absolute atomic E-state index is 15.8. The van der Waals surface area contributed by atoms with Crippen LogP contribution in [-0.2, 0) is 22.6 Å². The van der Waals surface area contributed by atoms with Crippen molar-refractivity contribution in [2.45, 2.75) is 38.1 Å². The first-order valence-corrected chi connectivity index (χ1v) is 13.4. The van der Waals surface area contributed by atoms with Crippen molar-refractivity contribution in [3.8, 4) is 5.75 Å². The summed E-state index contributed by atoms with van der Waals surface area (Å²) < 4.78 is 28.3. The van der Waals surface area contributed by atoms with Crippen LogP contribution in [0, 0.1) is 0 Å². The highest BCUT2D eigenvalue weighted by Gasteiger charge is 2.46. The molecular weight excluding hydrogens is 563 g/mol. The zero-order valence-corrected chi connectivity index (χ0v) is 24.3. The Balaban J connectivity index is 0.00000405. The number of hydrogen-bond donors (Lipinski definition) is 2. The first kappa shape index (κ1) is 30.7. The third-order valence-corrected chi connectivity index (χ3v) is 7.32. The summed E-state index contributed by atoms with van der Waals surface area (Å²) in [4.78, 5) is 26.0. The predicted molar refractivity (Wildman–Crippen MR) is 158 cm³/mol. The van der Waals surface area contributed by atoms with Crippen molar-refractivity contribution in [2.24, 2.45) is 0 Å². The van der Waals surface area contributed by atoms with E-state index in [1.165, 1.54) is 6.92 Å². The van der Waals surface area contributed by atoms with Gasteiger partial charge in [-0.2, -0.15) is 0 Å². The summed E-state index contributed by atoms with van der Waals surface area (Å²) in [5, 5.41) is 14.4. The standard InChI is InChI=1S/C30H33FN6O4.ClH/c1-21(38)33-17-26-19-36(29(39)41-26)30(13-12-27(28(31)14-30)23-6-4-3-5-7-23)20-32-15-24-16-34-35-37(24)18-22-8-10-25(40-2)11-9-22;/h3-13,16,26,32H,14-15,17-20H2,1-2H3,(H,33,38);1H. The van der Waals surface area contributed by atoms with Gasteiger partial charge in [-0.15, -0.1) is 17.5 Å². The number of methoxy groups -OCH3 is 1. The lowest BCUT2D eigenvalue weighted by molar-refractivity contribution is -0.119. The molecule has 2 unspecified atom stereocenters. The Kier molecular flexibility index (Phi) is 9.97. The van der Waals surface area contributed by atoms with E-state index >= 15 is 4.39 Å². The van der Waals surface area contributed by atoms with Crippen molar-refractivity contribution in [3.05, 3.63) is 95.6 Å². The molecule has 1 aliphatic carbocycles. The minimum Gasteiger partial charge on any atom is -0.497 e. The van der Waals surface area contributed by atoms with E-state index in [4.69, 9.17) is 9.47 Å². The number of ether oxygens (including phenoxy) is 2. The van der Waals surface area contributed by atoms with Crippen LogP contribution in [0.25, 0.3) is 5.57 Å². The molecule has 2 atom stereocenters. The van der Waals surface area contributed by atoms with E-state index in [-0.39, 0.29) is 50.2 Å². The summed E-state index contributed by atoms with van der Waals surface area (Å²) >= 11 is 0. The lowest BCUT2D eigenvalue weighted by atomic mass is 9.84. The number of hydrogen-bond acceptors (Lipinski definition) is 7. The maximum Gasteiger partial charge on any atom is 0.411 e. The van der Waals surface area contributed by atoms with Crippen LogP contribution in [0.1, 0.15) is 30.2 Å². The zero-order chi connectivity index (χ0) is 28.8. The van der Waals surface area contributed by atoms with Crippen molar-refractivity contribution in [1.82, 2.24) is 30.5 Å². The second-order valence-electron chi connectivity index (χ2n) is 10.2. The van der Waals surface area contributed by atoms with Gasteiger partial charge in [-0.05, 0) is 23.3 Å². The molecule has 12 heteroatoms. The molecule has 5 rings (SSSR count). The van der Waals surface area contributed by atoms with E-state index in [0.717, 1.165) is 22.6 Å². The van der Waals surface area contributed by atoms with Crippen LogP contribution in [0.5, 0.6) is 5.75 Å². The van der Waals surface area contributed by atoms with Crippen LogP contribution in [0.3, 0.4) is 0 Å². The van der Waals surface area contributed by atoms with Gasteiger partial charge in [-0.1, -0.05) is 59.8 Å². The number of benzene rings is 2. The Morgan fingerprint density at radius 2 is 1.95 bits per heavy atom. The zero-order valence-electron chi connectivity index (χ0n) is 23.5. The molecule has 1 aromatic heterocycles. The molecule has 0 spiro atoms. The second kappa shape index (κ2) is 13.6. The predicted octanol–water partition coefficient (Wildman–Crippen LogP) is 3.88. The Labute approximate surface area is 250 Å². The van der Waals surface area contributed by atoms with Crippen LogP contribution in [0.15, 0.2) is 78.8 Å². The highest BCUT2D eigenvalue weighted by Crippen LogP contribution is 2.38. The first-order chi connectivity index (χ1) is 19.9. The molecule has 2 N–H and O–H groups in total. The van der Waals surface area contributed by atoms with Crippen LogP contribution in [0.4, 0.5) is 9.18 Å². The molecule has 2 amide bonds. The number of nitrogens with zero attached hydrogens (tertiary/aromatic N) is 4. The number of aromatic nitrogens is 3. The van der Waals surface area contributed by atoms with Gasteiger partial charge in [0.2, 0.25) is 5.91 Å².